The van der Waals surface area contributed by atoms with Crippen LogP contribution in [0, 0.1) is 19.7 Å². The van der Waals surface area contributed by atoms with Gasteiger partial charge in [0.05, 0.1) is 0 Å². The molecule has 130 valence electrons. The van der Waals surface area contributed by atoms with E-state index in [0.717, 1.165) is 22.4 Å². The van der Waals surface area contributed by atoms with Gasteiger partial charge in [0, 0.05) is 46.9 Å². The quantitative estimate of drug-likeness (QED) is 0.617. The second kappa shape index (κ2) is 6.22. The Morgan fingerprint density at radius 2 is 1.92 bits per heavy atom. The zero-order valence-electron chi connectivity index (χ0n) is 14.5. The molecule has 1 N–H and O–H groups in total. The Kier molecular flexibility index (Phi) is 3.88. The third-order valence-electron chi connectivity index (χ3n) is 4.51. The van der Waals surface area contributed by atoms with Gasteiger partial charge in [0.2, 0.25) is 0 Å². The summed E-state index contributed by atoms with van der Waals surface area (Å²) >= 11 is 0. The van der Waals surface area contributed by atoms with Gasteiger partial charge in [-0.25, -0.2) is 13.9 Å². The average molecular weight is 348 g/mol. The lowest BCUT2D eigenvalue weighted by molar-refractivity contribution is 0.627. The molecule has 4 aromatic rings. The summed E-state index contributed by atoms with van der Waals surface area (Å²) in [4.78, 5) is 21.9. The molecule has 5 nitrogen and oxygen atoms in total. The number of benzene rings is 1. The van der Waals surface area contributed by atoms with Gasteiger partial charge in [-0.1, -0.05) is 18.2 Å². The number of aromatic nitrogens is 4. The summed E-state index contributed by atoms with van der Waals surface area (Å²) in [7, 11) is 0. The predicted octanol–water partition coefficient (Wildman–Crippen LogP) is 3.43. The zero-order valence-corrected chi connectivity index (χ0v) is 14.5. The van der Waals surface area contributed by atoms with Crippen molar-refractivity contribution in [3.8, 4) is 11.1 Å². The highest BCUT2D eigenvalue weighted by molar-refractivity contribution is 5.79. The molecule has 0 radical (unpaired) electrons. The van der Waals surface area contributed by atoms with Crippen molar-refractivity contribution in [1.29, 1.82) is 0 Å². The van der Waals surface area contributed by atoms with Crippen molar-refractivity contribution in [1.82, 2.24) is 19.6 Å². The molecule has 0 aliphatic rings. The fourth-order valence-corrected chi connectivity index (χ4v) is 3.19. The number of nitrogens with one attached hydrogen (secondary N) is 1. The van der Waals surface area contributed by atoms with Crippen LogP contribution in [0.1, 0.15) is 22.5 Å². The summed E-state index contributed by atoms with van der Waals surface area (Å²) in [5.41, 5.74) is 5.19. The molecular formula is C20H17FN4O. The minimum atomic E-state index is -0.295. The molecule has 1 aromatic carbocycles. The first-order valence-electron chi connectivity index (χ1n) is 8.30. The monoisotopic (exact) mass is 348 g/mol. The van der Waals surface area contributed by atoms with Crippen LogP contribution in [0.5, 0.6) is 0 Å². The van der Waals surface area contributed by atoms with Crippen molar-refractivity contribution in [3.05, 3.63) is 87.5 Å². The smallest absolute Gasteiger partial charge is 0.276 e. The fourth-order valence-electron chi connectivity index (χ4n) is 3.19. The number of rotatable bonds is 3. The minimum Gasteiger partial charge on any atom is -0.293 e. The Bertz CT molecular complexity index is 1140. The van der Waals surface area contributed by atoms with Crippen LogP contribution in [0.4, 0.5) is 4.39 Å². The van der Waals surface area contributed by atoms with E-state index in [2.05, 4.69) is 15.1 Å². The number of pyridine rings is 1. The molecule has 0 saturated heterocycles. The first kappa shape index (κ1) is 16.2. The number of nitrogens with zero attached hydrogens (tertiary/aromatic N) is 3. The molecule has 0 bridgehead atoms. The molecule has 0 aliphatic heterocycles. The highest BCUT2D eigenvalue weighted by atomic mass is 19.1. The van der Waals surface area contributed by atoms with E-state index in [1.54, 1.807) is 24.5 Å². The lowest BCUT2D eigenvalue weighted by atomic mass is 10.0. The third-order valence-corrected chi connectivity index (χ3v) is 4.51. The van der Waals surface area contributed by atoms with Gasteiger partial charge in [-0.2, -0.15) is 0 Å². The van der Waals surface area contributed by atoms with Gasteiger partial charge >= 0.3 is 0 Å². The van der Waals surface area contributed by atoms with E-state index < -0.39 is 0 Å². The topological polar surface area (TPSA) is 63.1 Å². The van der Waals surface area contributed by atoms with Crippen LogP contribution < -0.4 is 5.56 Å². The summed E-state index contributed by atoms with van der Waals surface area (Å²) in [6.45, 7) is 3.74. The maximum absolute atomic E-state index is 13.1. The van der Waals surface area contributed by atoms with E-state index in [1.165, 1.54) is 16.6 Å². The van der Waals surface area contributed by atoms with Gasteiger partial charge in [0.25, 0.3) is 5.56 Å². The first-order valence-corrected chi connectivity index (χ1v) is 8.30. The van der Waals surface area contributed by atoms with Crippen molar-refractivity contribution in [2.75, 3.05) is 0 Å². The summed E-state index contributed by atoms with van der Waals surface area (Å²) in [6.07, 6.45) is 3.87. The van der Waals surface area contributed by atoms with E-state index in [0.29, 0.717) is 23.3 Å². The number of hydrogen-bond donors (Lipinski definition) is 1. The van der Waals surface area contributed by atoms with Gasteiger partial charge in [-0.15, -0.1) is 0 Å². The normalized spacial score (nSPS) is 11.2. The predicted molar refractivity (Wildman–Crippen MR) is 97.7 cm³/mol. The maximum atomic E-state index is 13.1. The van der Waals surface area contributed by atoms with Crippen LogP contribution in [0.2, 0.25) is 0 Å². The number of aromatic amines is 1. The summed E-state index contributed by atoms with van der Waals surface area (Å²) < 4.78 is 14.6. The Labute approximate surface area is 149 Å². The van der Waals surface area contributed by atoms with Crippen LogP contribution in [-0.2, 0) is 6.42 Å². The lowest BCUT2D eigenvalue weighted by Gasteiger charge is -2.07. The average Bonchev–Trinajstić information content (AvgIpc) is 2.97. The lowest BCUT2D eigenvalue weighted by Crippen LogP contribution is -2.22. The van der Waals surface area contributed by atoms with Crippen molar-refractivity contribution < 1.29 is 4.39 Å². The second-order valence-electron chi connectivity index (χ2n) is 6.30. The molecular weight excluding hydrogens is 331 g/mol. The fraction of sp³-hybridized carbons (Fsp3) is 0.150. The number of H-pyrrole nitrogens is 1. The maximum Gasteiger partial charge on any atom is 0.276 e. The molecule has 4 rings (SSSR count). The summed E-state index contributed by atoms with van der Waals surface area (Å²) in [6, 6.07) is 9.96. The van der Waals surface area contributed by atoms with Gasteiger partial charge in [0.1, 0.15) is 5.82 Å². The molecule has 0 spiro atoms. The molecule has 0 atom stereocenters. The van der Waals surface area contributed by atoms with Crippen molar-refractivity contribution in [2.45, 2.75) is 20.3 Å². The molecule has 0 saturated carbocycles. The second-order valence-corrected chi connectivity index (χ2v) is 6.30. The summed E-state index contributed by atoms with van der Waals surface area (Å²) in [5.74, 6) is -0.295. The SMILES string of the molecule is Cc1nc2c(-c3cccnc3)c(C)[nH]n2c(=O)c1Cc1ccc(F)cc1. The molecule has 0 unspecified atom stereocenters. The molecule has 3 aromatic heterocycles. The van der Waals surface area contributed by atoms with Crippen molar-refractivity contribution >= 4 is 5.65 Å². The molecule has 0 fully saturated rings. The van der Waals surface area contributed by atoms with E-state index in [1.807, 2.05) is 26.0 Å². The first-order chi connectivity index (χ1) is 12.5. The van der Waals surface area contributed by atoms with Crippen LogP contribution in [0.25, 0.3) is 16.8 Å². The third kappa shape index (κ3) is 2.69. The summed E-state index contributed by atoms with van der Waals surface area (Å²) in [5, 5.41) is 3.11. The molecule has 0 amide bonds. The highest BCUT2D eigenvalue weighted by Gasteiger charge is 2.17. The van der Waals surface area contributed by atoms with E-state index in [-0.39, 0.29) is 11.4 Å². The Morgan fingerprint density at radius 3 is 2.62 bits per heavy atom. The number of fused-ring (bicyclic) bond motifs is 1. The zero-order chi connectivity index (χ0) is 18.3. The van der Waals surface area contributed by atoms with Gasteiger partial charge in [-0.3, -0.25) is 14.9 Å². The van der Waals surface area contributed by atoms with Gasteiger partial charge in [-0.05, 0) is 37.6 Å². The van der Waals surface area contributed by atoms with Crippen LogP contribution in [0.3, 0.4) is 0 Å². The van der Waals surface area contributed by atoms with Crippen LogP contribution in [-0.4, -0.2) is 19.6 Å². The van der Waals surface area contributed by atoms with Gasteiger partial charge in [0.15, 0.2) is 5.65 Å². The Morgan fingerprint density at radius 1 is 1.15 bits per heavy atom. The van der Waals surface area contributed by atoms with E-state index in [9.17, 15) is 9.18 Å². The van der Waals surface area contributed by atoms with Crippen LogP contribution >= 0.6 is 0 Å². The van der Waals surface area contributed by atoms with Gasteiger partial charge < -0.3 is 0 Å². The number of halogens is 1. The van der Waals surface area contributed by atoms with E-state index >= 15 is 0 Å². The molecule has 26 heavy (non-hydrogen) atoms. The van der Waals surface area contributed by atoms with Crippen LogP contribution in [0.15, 0.2) is 53.6 Å². The number of hydrogen-bond acceptors (Lipinski definition) is 3. The highest BCUT2D eigenvalue weighted by Crippen LogP contribution is 2.26. The molecule has 6 heteroatoms. The Balaban J connectivity index is 1.88. The van der Waals surface area contributed by atoms with Crippen molar-refractivity contribution in [3.63, 3.8) is 0 Å². The molecule has 0 aliphatic carbocycles. The van der Waals surface area contributed by atoms with E-state index in [4.69, 9.17) is 0 Å². The van der Waals surface area contributed by atoms with Crippen molar-refractivity contribution in [2.24, 2.45) is 0 Å². The number of aryl methyl sites for hydroxylation is 2. The standard InChI is InChI=1S/C20H17FN4O/c1-12-17(10-14-5-7-16(21)8-6-14)20(26)25-19(23-12)18(13(2)24-25)15-4-3-9-22-11-15/h3-9,11,24H,10H2,1-2H3. The molecule has 3 heterocycles. The Hall–Kier alpha value is -3.28. The largest absolute Gasteiger partial charge is 0.293 e. The minimum absolute atomic E-state index is 0.143.